The summed E-state index contributed by atoms with van der Waals surface area (Å²) in [5.41, 5.74) is 0. The molecule has 1 aromatic heterocycles. The number of nitrogens with zero attached hydrogens (tertiary/aromatic N) is 2. The molecule has 2 atom stereocenters. The fraction of sp³-hybridized carbons (Fsp3) is 0.688. The Labute approximate surface area is 136 Å². The molecule has 23 heavy (non-hydrogen) atoms. The number of anilines is 1. The predicted octanol–water partition coefficient (Wildman–Crippen LogP) is 2.03. The van der Waals surface area contributed by atoms with Crippen molar-refractivity contribution in [2.75, 3.05) is 11.9 Å². The normalized spacial score (nSPS) is 17.8. The summed E-state index contributed by atoms with van der Waals surface area (Å²) >= 11 is 0. The van der Waals surface area contributed by atoms with Crippen LogP contribution in [0, 0.1) is 5.92 Å². The van der Waals surface area contributed by atoms with Gasteiger partial charge in [0, 0.05) is 6.07 Å². The number of hydrogen-bond donors (Lipinski definition) is 3. The number of carboxylic acid groups (broad SMARTS) is 1. The molecule has 7 nitrogen and oxygen atoms in total. The quantitative estimate of drug-likeness (QED) is 0.680. The van der Waals surface area contributed by atoms with Crippen molar-refractivity contribution in [1.29, 1.82) is 0 Å². The topological polar surface area (TPSA) is 96.3 Å². The maximum atomic E-state index is 12.1. The third kappa shape index (κ3) is 4.54. The molecule has 0 spiro atoms. The Morgan fingerprint density at radius 1 is 1.43 bits per heavy atom. The number of rotatable bonds is 8. The highest BCUT2D eigenvalue weighted by Gasteiger charge is 2.24. The lowest BCUT2D eigenvalue weighted by Gasteiger charge is -2.20. The van der Waals surface area contributed by atoms with E-state index in [4.69, 9.17) is 0 Å². The first-order chi connectivity index (χ1) is 11.0. The van der Waals surface area contributed by atoms with Gasteiger partial charge in [-0.1, -0.05) is 33.1 Å². The molecule has 0 saturated heterocycles. The summed E-state index contributed by atoms with van der Waals surface area (Å²) in [6, 6.07) is 1.41. The van der Waals surface area contributed by atoms with Crippen LogP contribution in [-0.2, 0) is 9.59 Å². The van der Waals surface area contributed by atoms with E-state index in [9.17, 15) is 14.7 Å². The van der Waals surface area contributed by atoms with Gasteiger partial charge in [-0.05, 0) is 18.8 Å². The number of nitrogens with one attached hydrogen (secondary N) is 2. The van der Waals surface area contributed by atoms with Gasteiger partial charge in [-0.2, -0.15) is 5.10 Å². The molecule has 3 N–H and O–H groups in total. The molecular weight excluding hydrogens is 296 g/mol. The average Bonchev–Trinajstić information content (AvgIpc) is 3.17. The molecule has 0 radical (unpaired) electrons. The first kappa shape index (κ1) is 17.5. The molecule has 0 unspecified atom stereocenters. The molecule has 0 aliphatic heterocycles. The van der Waals surface area contributed by atoms with E-state index in [2.05, 4.69) is 15.7 Å². The zero-order chi connectivity index (χ0) is 16.8. The second-order valence-corrected chi connectivity index (χ2v) is 6.23. The van der Waals surface area contributed by atoms with Gasteiger partial charge in [0.05, 0.1) is 18.8 Å². The summed E-state index contributed by atoms with van der Waals surface area (Å²) < 4.78 is 1.87. The van der Waals surface area contributed by atoms with Crippen LogP contribution in [0.25, 0.3) is 0 Å². The van der Waals surface area contributed by atoms with Gasteiger partial charge in [0.2, 0.25) is 5.91 Å². The minimum atomic E-state index is -0.928. The van der Waals surface area contributed by atoms with E-state index >= 15 is 0 Å². The van der Waals surface area contributed by atoms with Crippen molar-refractivity contribution >= 4 is 17.7 Å². The molecule has 1 fully saturated rings. The Hall–Kier alpha value is -1.89. The van der Waals surface area contributed by atoms with Gasteiger partial charge in [0.15, 0.2) is 0 Å². The minimum Gasteiger partial charge on any atom is -0.480 e. The van der Waals surface area contributed by atoms with Crippen molar-refractivity contribution < 1.29 is 14.7 Å². The van der Waals surface area contributed by atoms with Crippen LogP contribution in [-0.4, -0.2) is 39.4 Å². The van der Waals surface area contributed by atoms with E-state index in [1.165, 1.54) is 12.8 Å². The lowest BCUT2D eigenvalue weighted by molar-refractivity contribution is -0.140. The van der Waals surface area contributed by atoms with Gasteiger partial charge in [0.25, 0.3) is 0 Å². The van der Waals surface area contributed by atoms with Crippen molar-refractivity contribution in [3.8, 4) is 0 Å². The van der Waals surface area contributed by atoms with Crippen molar-refractivity contribution in [2.24, 2.45) is 5.92 Å². The van der Waals surface area contributed by atoms with E-state index in [0.717, 1.165) is 19.3 Å². The zero-order valence-corrected chi connectivity index (χ0v) is 13.8. The van der Waals surface area contributed by atoms with E-state index in [-0.39, 0.29) is 18.4 Å². The molecule has 0 aromatic carbocycles. The van der Waals surface area contributed by atoms with Crippen LogP contribution in [0.15, 0.2) is 12.3 Å². The summed E-state index contributed by atoms with van der Waals surface area (Å²) in [6.07, 6.45) is 6.96. The van der Waals surface area contributed by atoms with Crippen LogP contribution in [0.2, 0.25) is 0 Å². The maximum Gasteiger partial charge on any atom is 0.320 e. The Morgan fingerprint density at radius 2 is 2.13 bits per heavy atom. The molecule has 0 bridgehead atoms. The molecule has 1 aliphatic carbocycles. The number of amides is 1. The summed E-state index contributed by atoms with van der Waals surface area (Å²) in [6.45, 7) is 3.76. The Balaban J connectivity index is 1.90. The number of aromatic nitrogens is 2. The highest BCUT2D eigenvalue weighted by molar-refractivity contribution is 5.91. The van der Waals surface area contributed by atoms with Crippen LogP contribution in [0.4, 0.5) is 5.82 Å². The lowest BCUT2D eigenvalue weighted by Crippen LogP contribution is -2.45. The number of aliphatic carboxylic acids is 1. The zero-order valence-electron chi connectivity index (χ0n) is 13.8. The molecule has 7 heteroatoms. The number of carbonyl (C=O) groups is 2. The number of carboxylic acids is 1. The van der Waals surface area contributed by atoms with Crippen molar-refractivity contribution in [1.82, 2.24) is 15.1 Å². The molecule has 1 amide bonds. The molecule has 1 aromatic rings. The van der Waals surface area contributed by atoms with E-state index in [1.807, 2.05) is 18.5 Å². The van der Waals surface area contributed by atoms with Crippen LogP contribution in [0.1, 0.15) is 52.0 Å². The Bertz CT molecular complexity index is 537. The molecular formula is C16H26N4O3. The van der Waals surface area contributed by atoms with Gasteiger partial charge in [-0.15, -0.1) is 0 Å². The SMILES string of the molecule is CC[C@H](C)[C@H](NCC(=O)Nc1ccnn1C1CCCC1)C(=O)O. The monoisotopic (exact) mass is 322 g/mol. The van der Waals surface area contributed by atoms with Crippen LogP contribution >= 0.6 is 0 Å². The van der Waals surface area contributed by atoms with E-state index < -0.39 is 12.0 Å². The summed E-state index contributed by atoms with van der Waals surface area (Å²) in [5, 5.41) is 19.2. The predicted molar refractivity (Wildman–Crippen MR) is 87.2 cm³/mol. The molecule has 1 aliphatic rings. The molecule has 1 heterocycles. The highest BCUT2D eigenvalue weighted by atomic mass is 16.4. The van der Waals surface area contributed by atoms with Gasteiger partial charge >= 0.3 is 5.97 Å². The molecule has 128 valence electrons. The second kappa shape index (κ2) is 8.10. The summed E-state index contributed by atoms with van der Waals surface area (Å²) in [4.78, 5) is 23.4. The second-order valence-electron chi connectivity index (χ2n) is 6.23. The largest absolute Gasteiger partial charge is 0.480 e. The van der Waals surface area contributed by atoms with Gasteiger partial charge < -0.3 is 10.4 Å². The minimum absolute atomic E-state index is 0.0306. The van der Waals surface area contributed by atoms with Crippen LogP contribution < -0.4 is 10.6 Å². The van der Waals surface area contributed by atoms with Gasteiger partial charge in [-0.3, -0.25) is 14.9 Å². The van der Waals surface area contributed by atoms with Gasteiger partial charge in [-0.25, -0.2) is 4.68 Å². The van der Waals surface area contributed by atoms with E-state index in [0.29, 0.717) is 11.9 Å². The van der Waals surface area contributed by atoms with Crippen LogP contribution in [0.3, 0.4) is 0 Å². The standard InChI is InChI=1S/C16H26N4O3/c1-3-11(2)15(16(22)23)17-10-14(21)19-13-8-9-18-20(13)12-6-4-5-7-12/h8-9,11-12,15,17H,3-7,10H2,1-2H3,(H,19,21)(H,22,23)/t11-,15-/m0/s1. The van der Waals surface area contributed by atoms with Crippen molar-refractivity contribution in [2.45, 2.75) is 58.0 Å². The van der Waals surface area contributed by atoms with Gasteiger partial charge in [0.1, 0.15) is 11.9 Å². The lowest BCUT2D eigenvalue weighted by atomic mass is 9.99. The average molecular weight is 322 g/mol. The maximum absolute atomic E-state index is 12.1. The fourth-order valence-electron chi connectivity index (χ4n) is 3.01. The van der Waals surface area contributed by atoms with Crippen molar-refractivity contribution in [3.05, 3.63) is 12.3 Å². The fourth-order valence-corrected chi connectivity index (χ4v) is 3.01. The number of hydrogen-bond acceptors (Lipinski definition) is 4. The summed E-state index contributed by atoms with van der Waals surface area (Å²) in [5.74, 6) is -0.536. The van der Waals surface area contributed by atoms with E-state index in [1.54, 1.807) is 12.3 Å². The van der Waals surface area contributed by atoms with Crippen molar-refractivity contribution in [3.63, 3.8) is 0 Å². The first-order valence-electron chi connectivity index (χ1n) is 8.32. The number of carbonyl (C=O) groups excluding carboxylic acids is 1. The third-order valence-corrected chi connectivity index (χ3v) is 4.57. The Morgan fingerprint density at radius 3 is 2.74 bits per heavy atom. The molecule has 2 rings (SSSR count). The molecule has 1 saturated carbocycles. The summed E-state index contributed by atoms with van der Waals surface area (Å²) in [7, 11) is 0. The Kier molecular flexibility index (Phi) is 6.15. The first-order valence-corrected chi connectivity index (χ1v) is 8.32. The van der Waals surface area contributed by atoms with Crippen LogP contribution in [0.5, 0.6) is 0 Å². The highest BCUT2D eigenvalue weighted by Crippen LogP contribution is 2.31. The third-order valence-electron chi connectivity index (χ3n) is 4.57. The smallest absolute Gasteiger partial charge is 0.320 e.